The van der Waals surface area contributed by atoms with Crippen LogP contribution in [-0.2, 0) is 13.0 Å². The molecule has 6 heteroatoms. The third-order valence-corrected chi connectivity index (χ3v) is 5.37. The Morgan fingerprint density at radius 2 is 1.89 bits per heavy atom. The maximum absolute atomic E-state index is 14.2. The largest absolute Gasteiger partial charge is 0.491 e. The van der Waals surface area contributed by atoms with Crippen molar-refractivity contribution in [2.24, 2.45) is 5.41 Å². The normalized spacial score (nSPS) is 20.3. The zero-order valence-electron chi connectivity index (χ0n) is 15.9. The van der Waals surface area contributed by atoms with Crippen LogP contribution in [0, 0.1) is 17.0 Å². The number of ether oxygens (including phenoxy) is 1. The summed E-state index contributed by atoms with van der Waals surface area (Å²) in [5.41, 5.74) is 0.985. The van der Waals surface area contributed by atoms with Gasteiger partial charge in [-0.2, -0.15) is 0 Å². The molecule has 28 heavy (non-hydrogen) atoms. The molecular formula is C22H27F2NO3. The molecule has 2 aromatic rings. The van der Waals surface area contributed by atoms with E-state index in [9.17, 15) is 13.9 Å². The molecule has 0 radical (unpaired) electrons. The lowest BCUT2D eigenvalue weighted by Crippen LogP contribution is -2.46. The summed E-state index contributed by atoms with van der Waals surface area (Å²) in [4.78, 5) is 2.24. The topological polar surface area (TPSA) is 52.9 Å². The number of piperidine rings is 1. The molecule has 0 aromatic heterocycles. The minimum atomic E-state index is -0.593. The minimum absolute atomic E-state index is 0.0467. The first kappa shape index (κ1) is 20.7. The van der Waals surface area contributed by atoms with Crippen molar-refractivity contribution in [1.29, 1.82) is 0 Å². The monoisotopic (exact) mass is 391 g/mol. The first-order chi connectivity index (χ1) is 13.5. The van der Waals surface area contributed by atoms with E-state index >= 15 is 0 Å². The minimum Gasteiger partial charge on any atom is -0.491 e. The van der Waals surface area contributed by atoms with E-state index in [1.165, 1.54) is 12.1 Å². The van der Waals surface area contributed by atoms with Crippen LogP contribution >= 0.6 is 0 Å². The predicted molar refractivity (Wildman–Crippen MR) is 103 cm³/mol. The highest BCUT2D eigenvalue weighted by atomic mass is 19.1. The third-order valence-electron chi connectivity index (χ3n) is 5.37. The van der Waals surface area contributed by atoms with Gasteiger partial charge in [0.1, 0.15) is 24.0 Å². The van der Waals surface area contributed by atoms with Gasteiger partial charge in [-0.15, -0.1) is 0 Å². The molecule has 152 valence electrons. The number of para-hydroxylation sites is 1. The summed E-state index contributed by atoms with van der Waals surface area (Å²) in [6, 6.07) is 11.3. The highest BCUT2D eigenvalue weighted by molar-refractivity contribution is 5.33. The molecule has 1 aliphatic rings. The van der Waals surface area contributed by atoms with Gasteiger partial charge in [0, 0.05) is 30.1 Å². The number of aliphatic hydroxyl groups excluding tert-OH is 2. The van der Waals surface area contributed by atoms with E-state index in [1.54, 1.807) is 0 Å². The number of hydrogen-bond acceptors (Lipinski definition) is 4. The first-order valence-corrected chi connectivity index (χ1v) is 9.64. The molecule has 0 spiro atoms. The lowest BCUT2D eigenvalue weighted by molar-refractivity contribution is 0.0279. The number of aliphatic hydroxyl groups is 2. The highest BCUT2D eigenvalue weighted by Crippen LogP contribution is 2.35. The number of hydrogen-bond donors (Lipinski definition) is 2. The fourth-order valence-corrected chi connectivity index (χ4v) is 4.02. The summed E-state index contributed by atoms with van der Waals surface area (Å²) < 4.78 is 33.0. The summed E-state index contributed by atoms with van der Waals surface area (Å²) >= 11 is 0. The van der Waals surface area contributed by atoms with Gasteiger partial charge in [0.2, 0.25) is 0 Å². The van der Waals surface area contributed by atoms with Crippen LogP contribution in [0.15, 0.2) is 42.5 Å². The van der Waals surface area contributed by atoms with E-state index in [0.717, 1.165) is 36.8 Å². The smallest absolute Gasteiger partial charge is 0.129 e. The molecule has 4 nitrogen and oxygen atoms in total. The van der Waals surface area contributed by atoms with E-state index in [2.05, 4.69) is 4.90 Å². The van der Waals surface area contributed by atoms with Crippen LogP contribution in [0.1, 0.15) is 24.0 Å². The van der Waals surface area contributed by atoms with Crippen LogP contribution in [-0.4, -0.2) is 48.0 Å². The second-order valence-corrected chi connectivity index (χ2v) is 7.56. The van der Waals surface area contributed by atoms with Crippen molar-refractivity contribution in [2.75, 3.05) is 32.9 Å². The van der Waals surface area contributed by atoms with Crippen LogP contribution in [0.25, 0.3) is 0 Å². The van der Waals surface area contributed by atoms with Gasteiger partial charge in [-0.3, -0.25) is 4.90 Å². The van der Waals surface area contributed by atoms with Crippen molar-refractivity contribution in [2.45, 2.75) is 25.8 Å². The van der Waals surface area contributed by atoms with Gasteiger partial charge < -0.3 is 14.9 Å². The van der Waals surface area contributed by atoms with Crippen molar-refractivity contribution in [3.8, 4) is 5.75 Å². The number of rotatable bonds is 8. The summed E-state index contributed by atoms with van der Waals surface area (Å²) in [7, 11) is 0. The van der Waals surface area contributed by atoms with E-state index < -0.39 is 17.0 Å². The van der Waals surface area contributed by atoms with Crippen molar-refractivity contribution in [1.82, 2.24) is 4.90 Å². The molecule has 3 rings (SSSR count). The van der Waals surface area contributed by atoms with Gasteiger partial charge in [-0.05, 0) is 43.5 Å². The fourth-order valence-electron chi connectivity index (χ4n) is 4.02. The second-order valence-electron chi connectivity index (χ2n) is 7.56. The Kier molecular flexibility index (Phi) is 6.99. The van der Waals surface area contributed by atoms with E-state index in [4.69, 9.17) is 9.84 Å². The number of benzene rings is 2. The lowest BCUT2D eigenvalue weighted by atomic mass is 9.75. The molecule has 1 unspecified atom stereocenters. The van der Waals surface area contributed by atoms with Gasteiger partial charge in [0.15, 0.2) is 0 Å². The maximum Gasteiger partial charge on any atom is 0.129 e. The second kappa shape index (κ2) is 9.45. The Balaban J connectivity index is 1.73. The third kappa shape index (κ3) is 5.07. The van der Waals surface area contributed by atoms with Gasteiger partial charge >= 0.3 is 0 Å². The fraction of sp³-hybridized carbons (Fsp3) is 0.455. The van der Waals surface area contributed by atoms with Gasteiger partial charge in [-0.1, -0.05) is 24.3 Å². The van der Waals surface area contributed by atoms with Gasteiger partial charge in [0.25, 0.3) is 0 Å². The molecule has 0 saturated carbocycles. The zero-order chi connectivity index (χ0) is 20.0. The Morgan fingerprint density at radius 3 is 2.64 bits per heavy atom. The molecular weight excluding hydrogens is 364 g/mol. The average Bonchev–Trinajstić information content (AvgIpc) is 2.70. The Labute approximate surface area is 164 Å². The molecule has 1 aliphatic heterocycles. The standard InChI is InChI=1S/C22H27F2NO3/c23-19-7-6-17(20(24)12-19)13-22(16-27)8-3-9-25(15-22)14-18-4-1-2-5-21(18)28-11-10-26/h1-2,4-7,12,26-27H,3,8-11,13-16H2. The molecule has 0 aliphatic carbocycles. The van der Waals surface area contributed by atoms with E-state index in [0.29, 0.717) is 25.1 Å². The van der Waals surface area contributed by atoms with Crippen LogP contribution < -0.4 is 4.74 Å². The average molecular weight is 391 g/mol. The van der Waals surface area contributed by atoms with E-state index in [1.807, 2.05) is 24.3 Å². The van der Waals surface area contributed by atoms with Crippen LogP contribution in [0.5, 0.6) is 5.75 Å². The van der Waals surface area contributed by atoms with Crippen LogP contribution in [0.2, 0.25) is 0 Å². The zero-order valence-corrected chi connectivity index (χ0v) is 15.9. The number of nitrogens with zero attached hydrogens (tertiary/aromatic N) is 1. The Morgan fingerprint density at radius 1 is 1.07 bits per heavy atom. The van der Waals surface area contributed by atoms with Crippen LogP contribution in [0.4, 0.5) is 8.78 Å². The summed E-state index contributed by atoms with van der Waals surface area (Å²) in [5.74, 6) is -0.418. The molecule has 1 heterocycles. The van der Waals surface area contributed by atoms with Crippen molar-refractivity contribution in [3.05, 3.63) is 65.2 Å². The highest BCUT2D eigenvalue weighted by Gasteiger charge is 2.36. The summed E-state index contributed by atoms with van der Waals surface area (Å²) in [6.07, 6.45) is 2.05. The quantitative estimate of drug-likeness (QED) is 0.726. The Hall–Kier alpha value is -2.02. The maximum atomic E-state index is 14.2. The summed E-state index contributed by atoms with van der Waals surface area (Å²) in [6.45, 7) is 2.28. The van der Waals surface area contributed by atoms with Crippen molar-refractivity contribution in [3.63, 3.8) is 0 Å². The Bertz CT molecular complexity index is 786. The van der Waals surface area contributed by atoms with Crippen molar-refractivity contribution >= 4 is 0 Å². The molecule has 0 amide bonds. The van der Waals surface area contributed by atoms with Gasteiger partial charge in [0.05, 0.1) is 13.2 Å². The molecule has 0 bridgehead atoms. The van der Waals surface area contributed by atoms with E-state index in [-0.39, 0.29) is 19.8 Å². The lowest BCUT2D eigenvalue weighted by Gasteiger charge is -2.42. The molecule has 2 aromatic carbocycles. The molecule has 1 saturated heterocycles. The van der Waals surface area contributed by atoms with Crippen LogP contribution in [0.3, 0.4) is 0 Å². The van der Waals surface area contributed by atoms with Gasteiger partial charge in [-0.25, -0.2) is 8.78 Å². The van der Waals surface area contributed by atoms with Crippen molar-refractivity contribution < 1.29 is 23.7 Å². The molecule has 1 fully saturated rings. The molecule has 1 atom stereocenters. The number of likely N-dealkylation sites (tertiary alicyclic amines) is 1. The predicted octanol–water partition coefficient (Wildman–Crippen LogP) is 3.15. The SMILES string of the molecule is OCCOc1ccccc1CN1CCCC(CO)(Cc2ccc(F)cc2F)C1. The number of halogens is 2. The molecule has 2 N–H and O–H groups in total. The summed E-state index contributed by atoms with van der Waals surface area (Å²) in [5, 5.41) is 19.1. The first-order valence-electron chi connectivity index (χ1n) is 9.64.